The van der Waals surface area contributed by atoms with E-state index in [1.54, 1.807) is 16.9 Å². The Hall–Kier alpha value is -2.43. The van der Waals surface area contributed by atoms with Crippen molar-refractivity contribution in [1.82, 2.24) is 19.6 Å². The molecule has 0 aliphatic carbocycles. The molecule has 0 radical (unpaired) electrons. The maximum absolute atomic E-state index is 4.37. The Morgan fingerprint density at radius 3 is 2.83 bits per heavy atom. The molecular formula is C13H13N5. The van der Waals surface area contributed by atoms with Crippen LogP contribution in [0.3, 0.4) is 0 Å². The van der Waals surface area contributed by atoms with Crippen LogP contribution >= 0.6 is 0 Å². The smallest absolute Gasteiger partial charge is 0.243 e. The Balaban J connectivity index is 1.63. The van der Waals surface area contributed by atoms with Gasteiger partial charge < -0.3 is 5.32 Å². The van der Waals surface area contributed by atoms with Crippen LogP contribution in [0.5, 0.6) is 0 Å². The first-order valence-electron chi connectivity index (χ1n) is 5.86. The molecule has 0 saturated heterocycles. The predicted molar refractivity (Wildman–Crippen MR) is 69.4 cm³/mol. The molecule has 0 unspecified atom stereocenters. The maximum atomic E-state index is 4.37. The third-order valence-electron chi connectivity index (χ3n) is 2.69. The van der Waals surface area contributed by atoms with Gasteiger partial charge in [0, 0.05) is 25.1 Å². The average molecular weight is 239 g/mol. The Morgan fingerprint density at radius 1 is 1.11 bits per heavy atom. The topological polar surface area (TPSA) is 55.1 Å². The molecule has 5 heteroatoms. The van der Waals surface area contributed by atoms with Gasteiger partial charge in [-0.1, -0.05) is 6.07 Å². The van der Waals surface area contributed by atoms with Gasteiger partial charge in [0.1, 0.15) is 0 Å². The highest BCUT2D eigenvalue weighted by Gasteiger charge is 2.01. The Bertz CT molecular complexity index is 599. The van der Waals surface area contributed by atoms with Gasteiger partial charge in [-0.25, -0.2) is 4.52 Å². The minimum Gasteiger partial charge on any atom is -0.353 e. The first-order valence-corrected chi connectivity index (χ1v) is 5.86. The summed E-state index contributed by atoms with van der Waals surface area (Å²) >= 11 is 0. The van der Waals surface area contributed by atoms with Crippen molar-refractivity contribution in [2.45, 2.75) is 6.42 Å². The average Bonchev–Trinajstić information content (AvgIpc) is 2.82. The minimum absolute atomic E-state index is 0.662. The summed E-state index contributed by atoms with van der Waals surface area (Å²) in [7, 11) is 0. The SMILES string of the molecule is c1ccn2nc(NCCc3ccncc3)nc2c1. The molecule has 0 aliphatic rings. The van der Waals surface area contributed by atoms with Crippen LogP contribution in [0.1, 0.15) is 5.56 Å². The van der Waals surface area contributed by atoms with Gasteiger partial charge in [-0.2, -0.15) is 4.98 Å². The summed E-state index contributed by atoms with van der Waals surface area (Å²) < 4.78 is 1.76. The highest BCUT2D eigenvalue weighted by atomic mass is 15.3. The summed E-state index contributed by atoms with van der Waals surface area (Å²) in [5.41, 5.74) is 2.10. The molecule has 0 bridgehead atoms. The number of nitrogens with zero attached hydrogens (tertiary/aromatic N) is 4. The second-order valence-corrected chi connectivity index (χ2v) is 3.97. The summed E-state index contributed by atoms with van der Waals surface area (Å²) in [6, 6.07) is 9.84. The van der Waals surface area contributed by atoms with Crippen molar-refractivity contribution in [2.24, 2.45) is 0 Å². The van der Waals surface area contributed by atoms with E-state index < -0.39 is 0 Å². The zero-order valence-corrected chi connectivity index (χ0v) is 9.82. The number of fused-ring (bicyclic) bond motifs is 1. The van der Waals surface area contributed by atoms with Gasteiger partial charge in [-0.15, -0.1) is 5.10 Å². The molecule has 1 N–H and O–H groups in total. The fourth-order valence-electron chi connectivity index (χ4n) is 1.77. The quantitative estimate of drug-likeness (QED) is 0.754. The number of anilines is 1. The van der Waals surface area contributed by atoms with Crippen molar-refractivity contribution in [3.63, 3.8) is 0 Å². The fraction of sp³-hybridized carbons (Fsp3) is 0.154. The molecule has 3 aromatic rings. The molecular weight excluding hydrogens is 226 g/mol. The molecule has 3 heterocycles. The lowest BCUT2D eigenvalue weighted by atomic mass is 10.2. The molecule has 0 aromatic carbocycles. The zero-order chi connectivity index (χ0) is 12.2. The van der Waals surface area contributed by atoms with Gasteiger partial charge in [0.25, 0.3) is 0 Å². The molecule has 3 aromatic heterocycles. The van der Waals surface area contributed by atoms with Crippen LogP contribution in [0.15, 0.2) is 48.9 Å². The maximum Gasteiger partial charge on any atom is 0.243 e. The van der Waals surface area contributed by atoms with Gasteiger partial charge in [0.15, 0.2) is 5.65 Å². The lowest BCUT2D eigenvalue weighted by molar-refractivity contribution is 0.936. The van der Waals surface area contributed by atoms with E-state index in [4.69, 9.17) is 0 Å². The molecule has 0 aliphatic heterocycles. The van der Waals surface area contributed by atoms with Gasteiger partial charge in [-0.3, -0.25) is 4.98 Å². The summed E-state index contributed by atoms with van der Waals surface area (Å²) in [6.07, 6.45) is 6.42. The predicted octanol–water partition coefficient (Wildman–Crippen LogP) is 1.78. The molecule has 90 valence electrons. The standard InChI is InChI=1S/C13H13N5/c1-2-10-18-12(3-1)16-13(17-18)15-9-6-11-4-7-14-8-5-11/h1-5,7-8,10H,6,9H2,(H,15,17). The first kappa shape index (κ1) is 10.7. The molecule has 0 spiro atoms. The van der Waals surface area contributed by atoms with Crippen LogP contribution < -0.4 is 5.32 Å². The van der Waals surface area contributed by atoms with Crippen molar-refractivity contribution in [3.8, 4) is 0 Å². The minimum atomic E-state index is 0.662. The second kappa shape index (κ2) is 4.83. The van der Waals surface area contributed by atoms with Crippen LogP contribution in [0.2, 0.25) is 0 Å². The van der Waals surface area contributed by atoms with E-state index in [-0.39, 0.29) is 0 Å². The number of nitrogens with one attached hydrogen (secondary N) is 1. The van der Waals surface area contributed by atoms with Crippen molar-refractivity contribution >= 4 is 11.6 Å². The summed E-state index contributed by atoms with van der Waals surface area (Å²) in [6.45, 7) is 0.806. The third kappa shape index (κ3) is 2.29. The van der Waals surface area contributed by atoms with Crippen LogP contribution in [0.25, 0.3) is 5.65 Å². The summed E-state index contributed by atoms with van der Waals surface area (Å²) in [5.74, 6) is 0.662. The Kier molecular flexibility index (Phi) is 2.87. The number of hydrogen-bond acceptors (Lipinski definition) is 4. The number of pyridine rings is 2. The second-order valence-electron chi connectivity index (χ2n) is 3.97. The molecule has 0 amide bonds. The molecule has 0 fully saturated rings. The highest BCUT2D eigenvalue weighted by molar-refractivity contribution is 5.42. The van der Waals surface area contributed by atoms with Crippen LogP contribution in [-0.2, 0) is 6.42 Å². The van der Waals surface area contributed by atoms with Gasteiger partial charge in [-0.05, 0) is 36.2 Å². The van der Waals surface area contributed by atoms with Crippen LogP contribution in [0, 0.1) is 0 Å². The van der Waals surface area contributed by atoms with Crippen LogP contribution in [0.4, 0.5) is 5.95 Å². The largest absolute Gasteiger partial charge is 0.353 e. The highest BCUT2D eigenvalue weighted by Crippen LogP contribution is 2.05. The number of hydrogen-bond donors (Lipinski definition) is 1. The van der Waals surface area contributed by atoms with E-state index >= 15 is 0 Å². The van der Waals surface area contributed by atoms with E-state index in [1.807, 2.05) is 36.5 Å². The van der Waals surface area contributed by atoms with Crippen LogP contribution in [-0.4, -0.2) is 26.1 Å². The van der Waals surface area contributed by atoms with Gasteiger partial charge in [0.05, 0.1) is 0 Å². The molecule has 3 rings (SSSR count). The Morgan fingerprint density at radius 2 is 2.00 bits per heavy atom. The van der Waals surface area contributed by atoms with Gasteiger partial charge in [0.2, 0.25) is 5.95 Å². The zero-order valence-electron chi connectivity index (χ0n) is 9.82. The van der Waals surface area contributed by atoms with Crippen molar-refractivity contribution in [1.29, 1.82) is 0 Å². The lowest BCUT2D eigenvalue weighted by Gasteiger charge is -2.01. The normalized spacial score (nSPS) is 10.7. The molecule has 0 atom stereocenters. The molecule has 0 saturated carbocycles. The van der Waals surface area contributed by atoms with E-state index in [0.717, 1.165) is 18.6 Å². The van der Waals surface area contributed by atoms with Crippen molar-refractivity contribution in [3.05, 3.63) is 54.5 Å². The summed E-state index contributed by atoms with van der Waals surface area (Å²) in [4.78, 5) is 8.36. The lowest BCUT2D eigenvalue weighted by Crippen LogP contribution is -2.06. The molecule has 5 nitrogen and oxygen atoms in total. The third-order valence-corrected chi connectivity index (χ3v) is 2.69. The van der Waals surface area contributed by atoms with E-state index in [1.165, 1.54) is 5.56 Å². The van der Waals surface area contributed by atoms with E-state index in [2.05, 4.69) is 20.4 Å². The van der Waals surface area contributed by atoms with Gasteiger partial charge >= 0.3 is 0 Å². The first-order chi connectivity index (χ1) is 8.92. The fourth-order valence-corrected chi connectivity index (χ4v) is 1.77. The number of aromatic nitrogens is 4. The summed E-state index contributed by atoms with van der Waals surface area (Å²) in [5, 5.41) is 7.55. The van der Waals surface area contributed by atoms with Crippen molar-refractivity contribution < 1.29 is 0 Å². The van der Waals surface area contributed by atoms with E-state index in [9.17, 15) is 0 Å². The van der Waals surface area contributed by atoms with E-state index in [0.29, 0.717) is 5.95 Å². The monoisotopic (exact) mass is 239 g/mol. The molecule has 18 heavy (non-hydrogen) atoms. The number of rotatable bonds is 4. The van der Waals surface area contributed by atoms with Crippen molar-refractivity contribution in [2.75, 3.05) is 11.9 Å². The Labute approximate surface area is 105 Å².